The quantitative estimate of drug-likeness (QED) is 0.509. The summed E-state index contributed by atoms with van der Waals surface area (Å²) in [6.07, 6.45) is 0. The van der Waals surface area contributed by atoms with Gasteiger partial charge in [0.2, 0.25) is 0 Å². The summed E-state index contributed by atoms with van der Waals surface area (Å²) >= 11 is 12.2. The standard InChI is InChI=1S/C24H18Cl2N2O2/c1-14-7-6-10-20(15(14)2)27-22-21(16-8-4-3-5-9-16)23(29)28(24(22)30)19-12-17(25)11-18(26)13-19/h3-13,27H,1-2H3. The SMILES string of the molecule is Cc1cccc(NC2=C(c3ccccc3)C(=O)N(c3cc(Cl)cc(Cl)c3)C2=O)c1C. The van der Waals surface area contributed by atoms with E-state index in [9.17, 15) is 9.59 Å². The van der Waals surface area contributed by atoms with Crippen molar-refractivity contribution in [2.24, 2.45) is 0 Å². The van der Waals surface area contributed by atoms with E-state index in [0.717, 1.165) is 21.7 Å². The van der Waals surface area contributed by atoms with Crippen molar-refractivity contribution >= 4 is 52.0 Å². The average molecular weight is 437 g/mol. The lowest BCUT2D eigenvalue weighted by Crippen LogP contribution is -2.32. The Hall–Kier alpha value is -3.08. The van der Waals surface area contributed by atoms with Crippen LogP contribution in [0.3, 0.4) is 0 Å². The zero-order valence-corrected chi connectivity index (χ0v) is 17.9. The number of imide groups is 1. The molecule has 150 valence electrons. The maximum atomic E-state index is 13.4. The van der Waals surface area contributed by atoms with Crippen LogP contribution in [0.5, 0.6) is 0 Å². The summed E-state index contributed by atoms with van der Waals surface area (Å²) in [5.41, 5.74) is 4.35. The Bertz CT molecular complexity index is 1180. The Labute approximate surface area is 184 Å². The highest BCUT2D eigenvalue weighted by atomic mass is 35.5. The Kier molecular flexibility index (Phi) is 5.37. The number of anilines is 2. The van der Waals surface area contributed by atoms with Crippen LogP contribution in [0, 0.1) is 13.8 Å². The summed E-state index contributed by atoms with van der Waals surface area (Å²) in [7, 11) is 0. The summed E-state index contributed by atoms with van der Waals surface area (Å²) < 4.78 is 0. The van der Waals surface area contributed by atoms with E-state index >= 15 is 0 Å². The third kappa shape index (κ3) is 3.60. The predicted octanol–water partition coefficient (Wildman–Crippen LogP) is 6.01. The number of rotatable bonds is 4. The van der Waals surface area contributed by atoms with Crippen LogP contribution in [0.1, 0.15) is 16.7 Å². The van der Waals surface area contributed by atoms with Gasteiger partial charge in [0.05, 0.1) is 11.3 Å². The number of carbonyl (C=O) groups excluding carboxylic acids is 2. The molecule has 4 rings (SSSR count). The van der Waals surface area contributed by atoms with Crippen molar-refractivity contribution in [2.45, 2.75) is 13.8 Å². The van der Waals surface area contributed by atoms with E-state index < -0.39 is 11.8 Å². The lowest BCUT2D eigenvalue weighted by Gasteiger charge is -2.16. The van der Waals surface area contributed by atoms with Gasteiger partial charge in [0, 0.05) is 15.7 Å². The molecule has 6 heteroatoms. The second kappa shape index (κ2) is 7.98. The molecule has 0 unspecified atom stereocenters. The van der Waals surface area contributed by atoms with Gasteiger partial charge < -0.3 is 5.32 Å². The van der Waals surface area contributed by atoms with E-state index in [-0.39, 0.29) is 5.70 Å². The van der Waals surface area contributed by atoms with E-state index in [4.69, 9.17) is 23.2 Å². The van der Waals surface area contributed by atoms with Gasteiger partial charge in [0.1, 0.15) is 5.70 Å². The van der Waals surface area contributed by atoms with E-state index in [1.807, 2.05) is 50.2 Å². The maximum Gasteiger partial charge on any atom is 0.282 e. The van der Waals surface area contributed by atoms with Gasteiger partial charge in [-0.1, -0.05) is 65.7 Å². The van der Waals surface area contributed by atoms with Gasteiger partial charge in [-0.05, 0) is 54.8 Å². The molecule has 4 nitrogen and oxygen atoms in total. The van der Waals surface area contributed by atoms with E-state index in [2.05, 4.69) is 5.32 Å². The molecule has 30 heavy (non-hydrogen) atoms. The maximum absolute atomic E-state index is 13.4. The summed E-state index contributed by atoms with van der Waals surface area (Å²) in [5.74, 6) is -0.893. The summed E-state index contributed by atoms with van der Waals surface area (Å²) in [5, 5.41) is 3.90. The number of aryl methyl sites for hydroxylation is 1. The van der Waals surface area contributed by atoms with Gasteiger partial charge >= 0.3 is 0 Å². The molecule has 1 N–H and O–H groups in total. The third-order valence-corrected chi connectivity index (χ3v) is 5.55. The number of amides is 2. The van der Waals surface area contributed by atoms with Crippen molar-refractivity contribution in [3.05, 3.63) is 99.2 Å². The molecule has 0 saturated heterocycles. The van der Waals surface area contributed by atoms with Crippen LogP contribution in [0.2, 0.25) is 10.0 Å². The van der Waals surface area contributed by atoms with E-state index in [1.54, 1.807) is 30.3 Å². The number of nitrogens with one attached hydrogen (secondary N) is 1. The molecule has 3 aromatic carbocycles. The van der Waals surface area contributed by atoms with Crippen LogP contribution < -0.4 is 10.2 Å². The minimum atomic E-state index is -0.460. The summed E-state index contributed by atoms with van der Waals surface area (Å²) in [6, 6.07) is 19.6. The summed E-state index contributed by atoms with van der Waals surface area (Å²) in [4.78, 5) is 27.9. The molecule has 3 aromatic rings. The highest BCUT2D eigenvalue weighted by Gasteiger charge is 2.40. The normalized spacial score (nSPS) is 13.9. The van der Waals surface area contributed by atoms with Gasteiger partial charge in [-0.15, -0.1) is 0 Å². The minimum Gasteiger partial charge on any atom is -0.350 e. The molecule has 0 radical (unpaired) electrons. The molecular weight excluding hydrogens is 419 g/mol. The molecule has 1 aliphatic heterocycles. The molecule has 0 aliphatic carbocycles. The fourth-order valence-corrected chi connectivity index (χ4v) is 3.96. The lowest BCUT2D eigenvalue weighted by molar-refractivity contribution is -0.120. The van der Waals surface area contributed by atoms with Crippen LogP contribution in [0.15, 0.2) is 72.4 Å². The van der Waals surface area contributed by atoms with Gasteiger partial charge in [0.15, 0.2) is 0 Å². The first-order valence-electron chi connectivity index (χ1n) is 9.34. The van der Waals surface area contributed by atoms with E-state index in [0.29, 0.717) is 26.9 Å². The van der Waals surface area contributed by atoms with Crippen molar-refractivity contribution in [2.75, 3.05) is 10.2 Å². The van der Waals surface area contributed by atoms with Gasteiger partial charge in [0.25, 0.3) is 11.8 Å². The first-order valence-corrected chi connectivity index (χ1v) is 10.1. The fraction of sp³-hybridized carbons (Fsp3) is 0.0833. The van der Waals surface area contributed by atoms with Crippen molar-refractivity contribution in [3.8, 4) is 0 Å². The topological polar surface area (TPSA) is 49.4 Å². The summed E-state index contributed by atoms with van der Waals surface area (Å²) in [6.45, 7) is 3.96. The van der Waals surface area contributed by atoms with Gasteiger partial charge in [-0.25, -0.2) is 4.90 Å². The molecule has 0 saturated carbocycles. The number of halogens is 2. The Morgan fingerprint density at radius 2 is 1.47 bits per heavy atom. The van der Waals surface area contributed by atoms with Crippen LogP contribution in [-0.2, 0) is 9.59 Å². The van der Waals surface area contributed by atoms with Gasteiger partial charge in [-0.3, -0.25) is 9.59 Å². The van der Waals surface area contributed by atoms with Crippen molar-refractivity contribution < 1.29 is 9.59 Å². The number of hydrogen-bond donors (Lipinski definition) is 1. The molecule has 2 amide bonds. The number of carbonyl (C=O) groups is 2. The Morgan fingerprint density at radius 1 is 0.800 bits per heavy atom. The molecule has 0 spiro atoms. The number of nitrogens with zero attached hydrogens (tertiary/aromatic N) is 1. The molecule has 0 aromatic heterocycles. The highest BCUT2D eigenvalue weighted by Crippen LogP contribution is 2.36. The second-order valence-electron chi connectivity index (χ2n) is 7.06. The Balaban J connectivity index is 1.86. The molecule has 0 fully saturated rings. The lowest BCUT2D eigenvalue weighted by atomic mass is 10.0. The van der Waals surface area contributed by atoms with Crippen molar-refractivity contribution in [1.29, 1.82) is 0 Å². The van der Waals surface area contributed by atoms with Crippen LogP contribution in [-0.4, -0.2) is 11.8 Å². The minimum absolute atomic E-state index is 0.219. The molecule has 0 bridgehead atoms. The van der Waals surface area contributed by atoms with Crippen molar-refractivity contribution in [3.63, 3.8) is 0 Å². The average Bonchev–Trinajstić information content (AvgIpc) is 2.95. The predicted molar refractivity (Wildman–Crippen MR) is 122 cm³/mol. The molecule has 1 aliphatic rings. The number of benzene rings is 3. The van der Waals surface area contributed by atoms with Crippen LogP contribution in [0.4, 0.5) is 11.4 Å². The van der Waals surface area contributed by atoms with Crippen LogP contribution in [0.25, 0.3) is 5.57 Å². The first kappa shape index (κ1) is 20.2. The van der Waals surface area contributed by atoms with Gasteiger partial charge in [-0.2, -0.15) is 0 Å². The third-order valence-electron chi connectivity index (χ3n) is 5.12. The van der Waals surface area contributed by atoms with E-state index in [1.165, 1.54) is 0 Å². The molecule has 1 heterocycles. The van der Waals surface area contributed by atoms with Crippen molar-refractivity contribution in [1.82, 2.24) is 0 Å². The molecule has 0 atom stereocenters. The first-order chi connectivity index (χ1) is 14.4. The zero-order valence-electron chi connectivity index (χ0n) is 16.4. The monoisotopic (exact) mass is 436 g/mol. The second-order valence-corrected chi connectivity index (χ2v) is 7.93. The molecular formula is C24H18Cl2N2O2. The largest absolute Gasteiger partial charge is 0.350 e. The highest BCUT2D eigenvalue weighted by molar-refractivity contribution is 6.46. The Morgan fingerprint density at radius 3 is 2.13 bits per heavy atom. The van der Waals surface area contributed by atoms with Crippen LogP contribution >= 0.6 is 23.2 Å². The zero-order chi connectivity index (χ0) is 21.4. The number of hydrogen-bond acceptors (Lipinski definition) is 3. The fourth-order valence-electron chi connectivity index (χ4n) is 3.44. The smallest absolute Gasteiger partial charge is 0.282 e.